The quantitative estimate of drug-likeness (QED) is 0.355. The molecular formula is C33H49N5O7. The fraction of sp³-hybridized carbons (Fsp3) is 0.667. The molecule has 2 heterocycles. The Morgan fingerprint density at radius 3 is 2.47 bits per heavy atom. The van der Waals surface area contributed by atoms with E-state index in [0.717, 1.165) is 17.0 Å². The van der Waals surface area contributed by atoms with Gasteiger partial charge < -0.3 is 25.0 Å². The zero-order valence-corrected chi connectivity index (χ0v) is 27.6. The molecule has 0 bridgehead atoms. The predicted molar refractivity (Wildman–Crippen MR) is 166 cm³/mol. The smallest absolute Gasteiger partial charge is 0.429 e. The standard InChI is InChI=1S/C33H49N5O7/c1-8-20(2)25(35-30(42)44-19-21-13-10-9-11-14-21)29(41)37-18-23-24(33(23,6)7)26(37)28(40)36-38(31(43)45-32(3,4)5)17-22-15-12-16-34-27(22)39/h9-11,13-14,20,22-26H,8,12,15-19H2,1-7H3,(H,34,39)(H,35,42)(H,36,40)/t20-,22-,23-,24-,25-,26-/m0/s1. The highest BCUT2D eigenvalue weighted by molar-refractivity contribution is 5.93. The summed E-state index contributed by atoms with van der Waals surface area (Å²) in [5, 5.41) is 6.64. The predicted octanol–water partition coefficient (Wildman–Crippen LogP) is 3.61. The highest BCUT2D eigenvalue weighted by Gasteiger charge is 2.69. The Morgan fingerprint density at radius 2 is 1.84 bits per heavy atom. The summed E-state index contributed by atoms with van der Waals surface area (Å²) >= 11 is 0. The number of fused-ring (bicyclic) bond motifs is 1. The molecule has 2 saturated heterocycles. The molecule has 0 aromatic heterocycles. The average molecular weight is 628 g/mol. The first-order valence-corrected chi connectivity index (χ1v) is 16.0. The van der Waals surface area contributed by atoms with E-state index in [2.05, 4.69) is 29.9 Å². The van der Waals surface area contributed by atoms with Gasteiger partial charge in [-0.25, -0.2) is 14.6 Å². The molecule has 1 aliphatic carbocycles. The van der Waals surface area contributed by atoms with Crippen molar-refractivity contribution < 1.29 is 33.4 Å². The SMILES string of the molecule is CC[C@H](C)[C@H](NC(=O)OCc1ccccc1)C(=O)N1C[C@H]2[C@@H]([C@H]1C(=O)NN(C[C@@H]1CCCNC1=O)C(=O)OC(C)(C)C)C2(C)C. The van der Waals surface area contributed by atoms with E-state index in [1.54, 1.807) is 20.8 Å². The first-order valence-electron chi connectivity index (χ1n) is 16.0. The van der Waals surface area contributed by atoms with E-state index in [1.807, 2.05) is 44.2 Å². The van der Waals surface area contributed by atoms with Gasteiger partial charge in [0, 0.05) is 13.1 Å². The van der Waals surface area contributed by atoms with Gasteiger partial charge in [-0.15, -0.1) is 0 Å². The second-order valence-corrected chi connectivity index (χ2v) is 14.2. The maximum absolute atomic E-state index is 14.1. The van der Waals surface area contributed by atoms with Crippen molar-refractivity contribution in [2.24, 2.45) is 29.1 Å². The van der Waals surface area contributed by atoms with Crippen LogP contribution in [0.5, 0.6) is 0 Å². The number of alkyl carbamates (subject to hydrolysis) is 1. The summed E-state index contributed by atoms with van der Waals surface area (Å²) in [5.41, 5.74) is 2.52. The van der Waals surface area contributed by atoms with Gasteiger partial charge in [0.05, 0.1) is 12.5 Å². The lowest BCUT2D eigenvalue weighted by Crippen LogP contribution is -2.60. The van der Waals surface area contributed by atoms with Gasteiger partial charge in [-0.2, -0.15) is 0 Å². The van der Waals surface area contributed by atoms with Crippen molar-refractivity contribution in [3.63, 3.8) is 0 Å². The van der Waals surface area contributed by atoms with Crippen LogP contribution in [0.1, 0.15) is 73.3 Å². The molecule has 0 spiro atoms. The lowest BCUT2D eigenvalue weighted by molar-refractivity contribution is -0.145. The maximum Gasteiger partial charge on any atom is 0.429 e. The summed E-state index contributed by atoms with van der Waals surface area (Å²) in [5.74, 6) is -1.90. The van der Waals surface area contributed by atoms with Crippen LogP contribution in [0.25, 0.3) is 0 Å². The first kappa shape index (κ1) is 34.1. The van der Waals surface area contributed by atoms with Crippen molar-refractivity contribution in [3.8, 4) is 0 Å². The van der Waals surface area contributed by atoms with Crippen LogP contribution in [0, 0.1) is 29.1 Å². The molecule has 248 valence electrons. The summed E-state index contributed by atoms with van der Waals surface area (Å²) in [4.78, 5) is 68.4. The van der Waals surface area contributed by atoms with Crippen LogP contribution in [-0.4, -0.2) is 77.1 Å². The van der Waals surface area contributed by atoms with E-state index < -0.39 is 41.7 Å². The van der Waals surface area contributed by atoms with Crippen LogP contribution in [-0.2, 0) is 30.5 Å². The number of nitrogens with zero attached hydrogens (tertiary/aromatic N) is 2. The minimum absolute atomic E-state index is 0.0562. The number of piperidine rings is 2. The Kier molecular flexibility index (Phi) is 10.3. The molecule has 1 saturated carbocycles. The molecule has 1 aromatic rings. The van der Waals surface area contributed by atoms with Crippen molar-refractivity contribution in [2.75, 3.05) is 19.6 Å². The fourth-order valence-electron chi connectivity index (χ4n) is 6.48. The maximum atomic E-state index is 14.1. The number of hydrogen-bond donors (Lipinski definition) is 3. The van der Waals surface area contributed by atoms with Crippen molar-refractivity contribution in [3.05, 3.63) is 35.9 Å². The summed E-state index contributed by atoms with van der Waals surface area (Å²) in [6.45, 7) is 14.0. The van der Waals surface area contributed by atoms with Crippen molar-refractivity contribution >= 4 is 29.9 Å². The normalized spacial score (nSPS) is 24.8. The number of rotatable bonds is 9. The van der Waals surface area contributed by atoms with Crippen LogP contribution in [0.2, 0.25) is 0 Å². The van der Waals surface area contributed by atoms with Gasteiger partial charge in [-0.1, -0.05) is 64.4 Å². The Bertz CT molecular complexity index is 1260. The van der Waals surface area contributed by atoms with Crippen LogP contribution in [0.15, 0.2) is 30.3 Å². The van der Waals surface area contributed by atoms with Crippen LogP contribution >= 0.6 is 0 Å². The Labute approximate surface area is 265 Å². The summed E-state index contributed by atoms with van der Waals surface area (Å²) in [6, 6.07) is 7.46. The van der Waals surface area contributed by atoms with E-state index in [-0.39, 0.29) is 48.1 Å². The van der Waals surface area contributed by atoms with Crippen molar-refractivity contribution in [1.82, 2.24) is 26.0 Å². The zero-order valence-electron chi connectivity index (χ0n) is 27.6. The minimum Gasteiger partial charge on any atom is -0.445 e. The monoisotopic (exact) mass is 627 g/mol. The Balaban J connectivity index is 1.52. The van der Waals surface area contributed by atoms with Gasteiger partial charge in [-0.3, -0.25) is 19.8 Å². The van der Waals surface area contributed by atoms with Gasteiger partial charge in [0.15, 0.2) is 0 Å². The number of benzene rings is 1. The molecular weight excluding hydrogens is 578 g/mol. The number of ether oxygens (including phenoxy) is 2. The van der Waals surface area contributed by atoms with E-state index in [0.29, 0.717) is 25.9 Å². The second-order valence-electron chi connectivity index (χ2n) is 14.2. The third-order valence-electron chi connectivity index (χ3n) is 9.39. The van der Waals surface area contributed by atoms with E-state index >= 15 is 0 Å². The topological polar surface area (TPSA) is 146 Å². The first-order chi connectivity index (χ1) is 21.1. The minimum atomic E-state index is -0.915. The average Bonchev–Trinajstić information content (AvgIpc) is 3.29. The lowest BCUT2D eigenvalue weighted by atomic mass is 9.95. The molecule has 45 heavy (non-hydrogen) atoms. The molecule has 3 fully saturated rings. The third kappa shape index (κ3) is 8.07. The largest absolute Gasteiger partial charge is 0.445 e. The molecule has 1 aromatic carbocycles. The molecule has 3 N–H and O–H groups in total. The third-order valence-corrected chi connectivity index (χ3v) is 9.39. The zero-order chi connectivity index (χ0) is 33.1. The molecule has 3 aliphatic rings. The molecule has 2 aliphatic heterocycles. The molecule has 5 amide bonds. The highest BCUT2D eigenvalue weighted by atomic mass is 16.6. The van der Waals surface area contributed by atoms with Gasteiger partial charge in [0.2, 0.25) is 11.8 Å². The summed E-state index contributed by atoms with van der Waals surface area (Å²) in [7, 11) is 0. The molecule has 0 unspecified atom stereocenters. The summed E-state index contributed by atoms with van der Waals surface area (Å²) in [6.07, 6.45) is 0.429. The van der Waals surface area contributed by atoms with Gasteiger partial charge in [-0.05, 0) is 62.3 Å². The Hall–Kier alpha value is -3.83. The van der Waals surface area contributed by atoms with E-state index in [1.165, 1.54) is 4.90 Å². The van der Waals surface area contributed by atoms with Crippen LogP contribution in [0.4, 0.5) is 9.59 Å². The number of likely N-dealkylation sites (tertiary alicyclic amines) is 1. The highest BCUT2D eigenvalue weighted by Crippen LogP contribution is 2.65. The lowest BCUT2D eigenvalue weighted by Gasteiger charge is -2.36. The number of carbonyl (C=O) groups excluding carboxylic acids is 5. The summed E-state index contributed by atoms with van der Waals surface area (Å²) < 4.78 is 11.0. The molecule has 12 nitrogen and oxygen atoms in total. The fourth-order valence-corrected chi connectivity index (χ4v) is 6.48. The van der Waals surface area contributed by atoms with Crippen LogP contribution in [0.3, 0.4) is 0 Å². The number of hydrazine groups is 1. The molecule has 12 heteroatoms. The number of amides is 5. The molecule has 6 atom stereocenters. The van der Waals surface area contributed by atoms with Crippen LogP contribution < -0.4 is 16.1 Å². The van der Waals surface area contributed by atoms with E-state index in [9.17, 15) is 24.0 Å². The molecule has 0 radical (unpaired) electrons. The number of hydrogen-bond acceptors (Lipinski definition) is 7. The Morgan fingerprint density at radius 1 is 1.16 bits per heavy atom. The van der Waals surface area contributed by atoms with Gasteiger partial charge in [0.1, 0.15) is 24.3 Å². The number of carbonyl (C=O) groups is 5. The second kappa shape index (κ2) is 13.7. The number of nitrogens with one attached hydrogen (secondary N) is 3. The van der Waals surface area contributed by atoms with Crippen molar-refractivity contribution in [1.29, 1.82) is 0 Å². The van der Waals surface area contributed by atoms with E-state index in [4.69, 9.17) is 9.47 Å². The van der Waals surface area contributed by atoms with Gasteiger partial charge >= 0.3 is 12.2 Å². The van der Waals surface area contributed by atoms with Crippen molar-refractivity contribution in [2.45, 2.75) is 92.0 Å². The van der Waals surface area contributed by atoms with Gasteiger partial charge in [0.25, 0.3) is 5.91 Å². The molecule has 4 rings (SSSR count).